The summed E-state index contributed by atoms with van der Waals surface area (Å²) in [6.45, 7) is 2.45. The molecule has 0 fully saturated rings. The molecule has 1 atom stereocenters. The summed E-state index contributed by atoms with van der Waals surface area (Å²) in [6.07, 6.45) is 1.19. The second kappa shape index (κ2) is 11.6. The molecule has 0 saturated carbocycles. The molecule has 0 amide bonds. The molecule has 0 aliphatic rings. The number of hydrogen-bond acceptors (Lipinski definition) is 0. The van der Waals surface area contributed by atoms with Gasteiger partial charge in [0, 0.05) is 16.5 Å². The van der Waals surface area contributed by atoms with E-state index in [1.54, 1.807) is 0 Å². The van der Waals surface area contributed by atoms with Crippen LogP contribution in [-0.4, -0.2) is 11.8 Å². The Bertz CT molecular complexity index is 913. The molecule has 0 spiro atoms. The van der Waals surface area contributed by atoms with Gasteiger partial charge in [-0.2, -0.15) is 0 Å². The second-order valence-electron chi connectivity index (χ2n) is 7.17. The molecule has 4 aromatic rings. The average molecular weight is 471 g/mol. The van der Waals surface area contributed by atoms with E-state index in [0.29, 0.717) is 5.66 Å². The van der Waals surface area contributed by atoms with Crippen LogP contribution >= 0.6 is 15.8 Å². The fourth-order valence-corrected chi connectivity index (χ4v) is 9.51. The van der Waals surface area contributed by atoms with Crippen LogP contribution in [0.5, 0.6) is 0 Å². The smallest absolute Gasteiger partial charge is 0 e. The molecule has 3 heteroatoms. The monoisotopic (exact) mass is 470 g/mol. The van der Waals surface area contributed by atoms with Crippen LogP contribution in [0.2, 0.25) is 0 Å². The Morgan fingerprint density at radius 3 is 1.13 bits per heavy atom. The maximum atomic E-state index is 2.45. The maximum absolute atomic E-state index is 2.45. The van der Waals surface area contributed by atoms with Gasteiger partial charge in [-0.25, -0.2) is 0 Å². The Labute approximate surface area is 193 Å². The minimum Gasteiger partial charge on any atom is -0.0622 e. The molecule has 4 rings (SSSR count). The third-order valence-corrected chi connectivity index (χ3v) is 10.9. The zero-order valence-corrected chi connectivity index (χ0v) is 19.8. The van der Waals surface area contributed by atoms with Crippen molar-refractivity contribution < 1.29 is 16.5 Å². The van der Waals surface area contributed by atoms with E-state index >= 15 is 0 Å². The molecule has 0 aromatic heterocycles. The molecule has 0 radical (unpaired) electrons. The fraction of sp³-hybridized carbons (Fsp3) is 0.111. The van der Waals surface area contributed by atoms with Crippen LogP contribution in [0.25, 0.3) is 0 Å². The SMILES string of the molecule is CC(CP(c1ccccc1)c1ccccc1)P(c1ccccc1)c1ccccc1.[Ni]. The second-order valence-corrected chi connectivity index (χ2v) is 12.1. The van der Waals surface area contributed by atoms with Gasteiger partial charge in [-0.3, -0.25) is 0 Å². The summed E-state index contributed by atoms with van der Waals surface area (Å²) in [7, 11) is -0.796. The molecule has 4 aromatic carbocycles. The van der Waals surface area contributed by atoms with Crippen molar-refractivity contribution in [2.45, 2.75) is 12.6 Å². The van der Waals surface area contributed by atoms with Crippen molar-refractivity contribution in [3.05, 3.63) is 121 Å². The van der Waals surface area contributed by atoms with Crippen LogP contribution in [0.3, 0.4) is 0 Å². The summed E-state index contributed by atoms with van der Waals surface area (Å²) in [4.78, 5) is 0. The van der Waals surface area contributed by atoms with Crippen molar-refractivity contribution in [2.75, 3.05) is 6.16 Å². The summed E-state index contributed by atoms with van der Waals surface area (Å²) in [5, 5.41) is 5.88. The van der Waals surface area contributed by atoms with Crippen LogP contribution in [0, 0.1) is 0 Å². The van der Waals surface area contributed by atoms with Gasteiger partial charge in [-0.05, 0) is 48.9 Å². The third-order valence-electron chi connectivity index (χ3n) is 5.09. The normalized spacial score (nSPS) is 11.8. The van der Waals surface area contributed by atoms with Crippen molar-refractivity contribution in [1.82, 2.24) is 0 Å². The van der Waals surface area contributed by atoms with Gasteiger partial charge >= 0.3 is 0 Å². The Morgan fingerprint density at radius 2 is 0.800 bits per heavy atom. The predicted molar refractivity (Wildman–Crippen MR) is 132 cm³/mol. The first-order valence-electron chi connectivity index (χ1n) is 10.1. The average Bonchev–Trinajstić information content (AvgIpc) is 2.80. The molecule has 0 nitrogen and oxygen atoms in total. The van der Waals surface area contributed by atoms with Gasteiger partial charge in [-0.1, -0.05) is 128 Å². The maximum Gasteiger partial charge on any atom is 0 e. The Morgan fingerprint density at radius 1 is 0.500 bits per heavy atom. The molecule has 30 heavy (non-hydrogen) atoms. The number of rotatable bonds is 7. The minimum absolute atomic E-state index is 0. The summed E-state index contributed by atoms with van der Waals surface area (Å²) >= 11 is 0. The molecule has 0 saturated heterocycles. The van der Waals surface area contributed by atoms with Crippen molar-refractivity contribution in [1.29, 1.82) is 0 Å². The van der Waals surface area contributed by atoms with E-state index in [1.165, 1.54) is 27.4 Å². The van der Waals surface area contributed by atoms with Gasteiger partial charge < -0.3 is 0 Å². The van der Waals surface area contributed by atoms with Crippen LogP contribution in [0.4, 0.5) is 0 Å². The van der Waals surface area contributed by atoms with Crippen LogP contribution < -0.4 is 21.2 Å². The van der Waals surface area contributed by atoms with Gasteiger partial charge in [-0.15, -0.1) is 0 Å². The summed E-state index contributed by atoms with van der Waals surface area (Å²) < 4.78 is 0. The van der Waals surface area contributed by atoms with Crippen LogP contribution in [-0.2, 0) is 16.5 Å². The Balaban J connectivity index is 0.00000256. The first-order valence-corrected chi connectivity index (χ1v) is 13.0. The van der Waals surface area contributed by atoms with E-state index in [2.05, 4.69) is 128 Å². The van der Waals surface area contributed by atoms with E-state index < -0.39 is 7.92 Å². The molecule has 0 N–H and O–H groups in total. The van der Waals surface area contributed by atoms with Gasteiger partial charge in [0.15, 0.2) is 0 Å². The van der Waals surface area contributed by atoms with Crippen molar-refractivity contribution in [2.24, 2.45) is 0 Å². The topological polar surface area (TPSA) is 0 Å². The van der Waals surface area contributed by atoms with Gasteiger partial charge in [0.1, 0.15) is 0 Å². The standard InChI is InChI=1S/C27H26P2.Ni/c1-23(29(26-18-10-4-11-19-26)27-20-12-5-13-21-27)22-28(24-14-6-2-7-15-24)25-16-8-3-9-17-25;/h2-21,23H,22H2,1H3;. The largest absolute Gasteiger partial charge is 0.0622 e. The molecular formula is C27H26NiP2. The number of hydrogen-bond donors (Lipinski definition) is 0. The quantitative estimate of drug-likeness (QED) is 0.242. The molecule has 1 unspecified atom stereocenters. The fourth-order valence-electron chi connectivity index (χ4n) is 3.76. The van der Waals surface area contributed by atoms with Gasteiger partial charge in [0.05, 0.1) is 0 Å². The van der Waals surface area contributed by atoms with E-state index in [0.717, 1.165) is 0 Å². The summed E-state index contributed by atoms with van der Waals surface area (Å²) in [6, 6.07) is 44.3. The van der Waals surface area contributed by atoms with Crippen molar-refractivity contribution in [3.8, 4) is 0 Å². The van der Waals surface area contributed by atoms with E-state index in [-0.39, 0.29) is 24.4 Å². The molecule has 154 valence electrons. The zero-order chi connectivity index (χ0) is 19.9. The molecule has 0 bridgehead atoms. The summed E-state index contributed by atoms with van der Waals surface area (Å²) in [5.41, 5.74) is 0.585. The van der Waals surface area contributed by atoms with E-state index in [4.69, 9.17) is 0 Å². The van der Waals surface area contributed by atoms with Crippen molar-refractivity contribution >= 4 is 37.1 Å². The van der Waals surface area contributed by atoms with E-state index in [1.807, 2.05) is 0 Å². The summed E-state index contributed by atoms with van der Waals surface area (Å²) in [5.74, 6) is 0. The zero-order valence-electron chi connectivity index (χ0n) is 17.0. The Hall–Kier alpha value is -1.77. The van der Waals surface area contributed by atoms with Crippen LogP contribution in [0.1, 0.15) is 6.92 Å². The number of benzene rings is 4. The molecule has 0 heterocycles. The van der Waals surface area contributed by atoms with Crippen molar-refractivity contribution in [3.63, 3.8) is 0 Å². The molecular weight excluding hydrogens is 445 g/mol. The first-order chi connectivity index (χ1) is 14.3. The molecule has 0 aliphatic carbocycles. The first kappa shape index (κ1) is 22.9. The van der Waals surface area contributed by atoms with Gasteiger partial charge in [0.2, 0.25) is 0 Å². The molecule has 0 aliphatic heterocycles. The minimum atomic E-state index is -0.409. The Kier molecular flexibility index (Phi) is 8.84. The third kappa shape index (κ3) is 5.68. The van der Waals surface area contributed by atoms with E-state index in [9.17, 15) is 0 Å². The van der Waals surface area contributed by atoms with Gasteiger partial charge in [0.25, 0.3) is 0 Å². The predicted octanol–water partition coefficient (Wildman–Crippen LogP) is 5.64. The van der Waals surface area contributed by atoms with Crippen LogP contribution in [0.15, 0.2) is 121 Å².